The summed E-state index contributed by atoms with van der Waals surface area (Å²) in [6.45, 7) is 2.83. The summed E-state index contributed by atoms with van der Waals surface area (Å²) in [6.07, 6.45) is 1.99. The minimum Gasteiger partial charge on any atom is -0.497 e. The molecular weight excluding hydrogens is 316 g/mol. The largest absolute Gasteiger partial charge is 0.497 e. The van der Waals surface area contributed by atoms with Crippen LogP contribution in [0, 0.1) is 6.92 Å². The fraction of sp³-hybridized carbons (Fsp3) is 0.350. The van der Waals surface area contributed by atoms with Gasteiger partial charge in [0.25, 0.3) is 0 Å². The van der Waals surface area contributed by atoms with Crippen molar-refractivity contribution in [1.82, 2.24) is 4.90 Å². The number of likely N-dealkylation sites (tertiary alicyclic amines) is 1. The molecular formula is C20H24N2O3. The van der Waals surface area contributed by atoms with E-state index < -0.39 is 0 Å². The number of methoxy groups -OCH3 is 2. The zero-order valence-corrected chi connectivity index (χ0v) is 14.9. The lowest BCUT2D eigenvalue weighted by atomic mass is 10.0. The van der Waals surface area contributed by atoms with E-state index in [0.717, 1.165) is 19.4 Å². The van der Waals surface area contributed by atoms with Crippen LogP contribution in [0.3, 0.4) is 0 Å². The molecule has 1 N–H and O–H groups in total. The third-order valence-electron chi connectivity index (χ3n) is 4.54. The molecule has 1 heterocycles. The van der Waals surface area contributed by atoms with Gasteiger partial charge in [0.1, 0.15) is 11.5 Å². The molecule has 25 heavy (non-hydrogen) atoms. The lowest BCUT2D eigenvalue weighted by molar-refractivity contribution is 0.207. The maximum Gasteiger partial charge on any atom is 0.322 e. The Morgan fingerprint density at radius 2 is 1.84 bits per heavy atom. The van der Waals surface area contributed by atoms with Crippen molar-refractivity contribution >= 4 is 11.7 Å². The first kappa shape index (κ1) is 17.1. The Morgan fingerprint density at radius 1 is 1.12 bits per heavy atom. The SMILES string of the molecule is COc1cc(NC(=O)N2CCC[C@@H]2c2cccc(C)c2)cc(OC)c1. The molecule has 1 aliphatic heterocycles. The van der Waals surface area contributed by atoms with Crippen LogP contribution >= 0.6 is 0 Å². The second-order valence-electron chi connectivity index (χ2n) is 6.30. The smallest absolute Gasteiger partial charge is 0.322 e. The monoisotopic (exact) mass is 340 g/mol. The van der Waals surface area contributed by atoms with Crippen LogP contribution in [-0.2, 0) is 0 Å². The first-order valence-electron chi connectivity index (χ1n) is 8.48. The summed E-state index contributed by atoms with van der Waals surface area (Å²) in [4.78, 5) is 14.7. The van der Waals surface area contributed by atoms with E-state index in [4.69, 9.17) is 9.47 Å². The number of urea groups is 1. The topological polar surface area (TPSA) is 50.8 Å². The van der Waals surface area contributed by atoms with E-state index in [2.05, 4.69) is 30.4 Å². The maximum absolute atomic E-state index is 12.8. The highest BCUT2D eigenvalue weighted by Gasteiger charge is 2.30. The molecule has 3 rings (SSSR count). The Hall–Kier alpha value is -2.69. The molecule has 132 valence electrons. The molecule has 5 nitrogen and oxygen atoms in total. The van der Waals surface area contributed by atoms with Crippen molar-refractivity contribution in [3.05, 3.63) is 53.6 Å². The first-order chi connectivity index (χ1) is 12.1. The molecule has 2 aromatic rings. The average molecular weight is 340 g/mol. The molecule has 0 saturated carbocycles. The van der Waals surface area contributed by atoms with E-state index in [0.29, 0.717) is 17.2 Å². The van der Waals surface area contributed by atoms with Gasteiger partial charge in [0, 0.05) is 30.4 Å². The highest BCUT2D eigenvalue weighted by atomic mass is 16.5. The van der Waals surface area contributed by atoms with Gasteiger partial charge in [-0.25, -0.2) is 4.79 Å². The molecule has 1 aliphatic rings. The van der Waals surface area contributed by atoms with Crippen LogP contribution in [0.5, 0.6) is 11.5 Å². The number of ether oxygens (including phenoxy) is 2. The van der Waals surface area contributed by atoms with Crippen molar-refractivity contribution in [2.75, 3.05) is 26.1 Å². The zero-order chi connectivity index (χ0) is 17.8. The van der Waals surface area contributed by atoms with Crippen molar-refractivity contribution in [2.24, 2.45) is 0 Å². The summed E-state index contributed by atoms with van der Waals surface area (Å²) in [5.74, 6) is 1.29. The van der Waals surface area contributed by atoms with Crippen LogP contribution in [0.25, 0.3) is 0 Å². The molecule has 2 amide bonds. The summed E-state index contributed by atoms with van der Waals surface area (Å²) in [7, 11) is 3.18. The number of carbonyl (C=O) groups excluding carboxylic acids is 1. The van der Waals surface area contributed by atoms with Crippen LogP contribution in [0.1, 0.15) is 30.0 Å². The minimum absolute atomic E-state index is 0.0979. The summed E-state index contributed by atoms with van der Waals surface area (Å²) in [5.41, 5.74) is 3.06. The van der Waals surface area contributed by atoms with E-state index in [1.165, 1.54) is 11.1 Å². The standard InChI is InChI=1S/C20H24N2O3/c1-14-6-4-7-15(10-14)19-8-5-9-22(19)20(23)21-16-11-17(24-2)13-18(12-16)25-3/h4,6-7,10-13,19H,5,8-9H2,1-3H3,(H,21,23)/t19-/m1/s1. The lowest BCUT2D eigenvalue weighted by Gasteiger charge is -2.26. The van der Waals surface area contributed by atoms with Gasteiger partial charge in [0.15, 0.2) is 0 Å². The fourth-order valence-electron chi connectivity index (χ4n) is 3.31. The van der Waals surface area contributed by atoms with Gasteiger partial charge >= 0.3 is 6.03 Å². The van der Waals surface area contributed by atoms with Crippen LogP contribution in [0.15, 0.2) is 42.5 Å². The molecule has 1 atom stereocenters. The molecule has 0 radical (unpaired) electrons. The third-order valence-corrected chi connectivity index (χ3v) is 4.54. The molecule has 0 bridgehead atoms. The average Bonchev–Trinajstić information content (AvgIpc) is 3.11. The molecule has 0 aromatic heterocycles. The number of amides is 2. The maximum atomic E-state index is 12.8. The number of nitrogens with zero attached hydrogens (tertiary/aromatic N) is 1. The molecule has 5 heteroatoms. The van der Waals surface area contributed by atoms with E-state index in [1.54, 1.807) is 32.4 Å². The lowest BCUT2D eigenvalue weighted by Crippen LogP contribution is -2.34. The Morgan fingerprint density at radius 3 is 2.48 bits per heavy atom. The Bertz CT molecular complexity index is 738. The van der Waals surface area contributed by atoms with Crippen LogP contribution in [-0.4, -0.2) is 31.7 Å². The van der Waals surface area contributed by atoms with E-state index in [9.17, 15) is 4.79 Å². The summed E-state index contributed by atoms with van der Waals surface area (Å²) in [5, 5.41) is 2.97. The van der Waals surface area contributed by atoms with Crippen LogP contribution < -0.4 is 14.8 Å². The second kappa shape index (κ2) is 7.47. The first-order valence-corrected chi connectivity index (χ1v) is 8.48. The summed E-state index contributed by atoms with van der Waals surface area (Å²) in [6, 6.07) is 13.8. The highest BCUT2D eigenvalue weighted by molar-refractivity contribution is 5.90. The van der Waals surface area contributed by atoms with Gasteiger partial charge in [0.05, 0.1) is 20.3 Å². The van der Waals surface area contributed by atoms with Crippen molar-refractivity contribution < 1.29 is 14.3 Å². The fourth-order valence-corrected chi connectivity index (χ4v) is 3.31. The van der Waals surface area contributed by atoms with Gasteiger partial charge in [-0.2, -0.15) is 0 Å². The normalized spacial score (nSPS) is 16.6. The highest BCUT2D eigenvalue weighted by Crippen LogP contribution is 2.33. The number of rotatable bonds is 4. The van der Waals surface area contributed by atoms with Crippen molar-refractivity contribution in [3.63, 3.8) is 0 Å². The molecule has 2 aromatic carbocycles. The third kappa shape index (κ3) is 3.87. The predicted molar refractivity (Wildman–Crippen MR) is 98.4 cm³/mol. The molecule has 0 spiro atoms. The van der Waals surface area contributed by atoms with Crippen LogP contribution in [0.4, 0.5) is 10.5 Å². The van der Waals surface area contributed by atoms with E-state index >= 15 is 0 Å². The van der Waals surface area contributed by atoms with Gasteiger partial charge in [-0.3, -0.25) is 0 Å². The van der Waals surface area contributed by atoms with Gasteiger partial charge < -0.3 is 19.7 Å². The molecule has 0 aliphatic carbocycles. The number of nitrogens with one attached hydrogen (secondary N) is 1. The quantitative estimate of drug-likeness (QED) is 0.898. The van der Waals surface area contributed by atoms with Gasteiger partial charge in [-0.05, 0) is 25.3 Å². The number of hydrogen-bond donors (Lipinski definition) is 1. The Kier molecular flexibility index (Phi) is 5.12. The molecule has 0 unspecified atom stereocenters. The van der Waals surface area contributed by atoms with Crippen molar-refractivity contribution in [1.29, 1.82) is 0 Å². The van der Waals surface area contributed by atoms with Gasteiger partial charge in [-0.1, -0.05) is 29.8 Å². The predicted octanol–water partition coefficient (Wildman–Crippen LogP) is 4.38. The number of aryl methyl sites for hydroxylation is 1. The summed E-state index contributed by atoms with van der Waals surface area (Å²) < 4.78 is 10.5. The molecule has 1 fully saturated rings. The van der Waals surface area contributed by atoms with Gasteiger partial charge in [0.2, 0.25) is 0 Å². The van der Waals surface area contributed by atoms with E-state index in [-0.39, 0.29) is 12.1 Å². The van der Waals surface area contributed by atoms with E-state index in [1.807, 2.05) is 11.0 Å². The second-order valence-corrected chi connectivity index (χ2v) is 6.30. The zero-order valence-electron chi connectivity index (χ0n) is 14.9. The Balaban J connectivity index is 1.78. The summed E-state index contributed by atoms with van der Waals surface area (Å²) >= 11 is 0. The number of carbonyl (C=O) groups is 1. The number of hydrogen-bond acceptors (Lipinski definition) is 3. The number of benzene rings is 2. The molecule has 1 saturated heterocycles. The number of anilines is 1. The minimum atomic E-state index is -0.0979. The van der Waals surface area contributed by atoms with Crippen LogP contribution in [0.2, 0.25) is 0 Å². The Labute approximate surface area is 148 Å². The van der Waals surface area contributed by atoms with Gasteiger partial charge in [-0.15, -0.1) is 0 Å². The van der Waals surface area contributed by atoms with Crippen molar-refractivity contribution in [2.45, 2.75) is 25.8 Å². The van der Waals surface area contributed by atoms with Crippen molar-refractivity contribution in [3.8, 4) is 11.5 Å².